The van der Waals surface area contributed by atoms with Gasteiger partial charge in [0.15, 0.2) is 0 Å². The van der Waals surface area contributed by atoms with Crippen molar-refractivity contribution >= 4 is 29.1 Å². The summed E-state index contributed by atoms with van der Waals surface area (Å²) in [6, 6.07) is 11.5. The summed E-state index contributed by atoms with van der Waals surface area (Å²) in [5, 5.41) is 5.78. The number of anilines is 1. The monoisotopic (exact) mass is 568 g/mol. The molecule has 1 unspecified atom stereocenters. The molecule has 2 fully saturated rings. The van der Waals surface area contributed by atoms with Crippen molar-refractivity contribution in [3.05, 3.63) is 65.2 Å². The summed E-state index contributed by atoms with van der Waals surface area (Å²) in [6.45, 7) is 0. The molecular formula is C31H35F3N4O3. The number of hydrogen-bond acceptors (Lipinski definition) is 4. The Hall–Kier alpha value is -3.69. The minimum Gasteiger partial charge on any atom is -0.342 e. The number of likely N-dealkylation sites (N-methyl/N-ethyl adjacent to an activating group) is 1. The maximum atomic E-state index is 13.8. The third-order valence-electron chi connectivity index (χ3n) is 8.62. The van der Waals surface area contributed by atoms with E-state index in [4.69, 9.17) is 0 Å². The number of hydrogen-bond donors (Lipinski definition) is 2. The number of fused-ring (bicyclic) bond motifs is 1. The van der Waals surface area contributed by atoms with Gasteiger partial charge in [0.05, 0.1) is 17.0 Å². The number of para-hydroxylation sites is 1. The Morgan fingerprint density at radius 3 is 2.32 bits per heavy atom. The molecule has 2 aromatic rings. The fraction of sp³-hybridized carbons (Fsp3) is 0.484. The van der Waals surface area contributed by atoms with Crippen LogP contribution in [0.5, 0.6) is 0 Å². The average Bonchev–Trinajstić information content (AvgIpc) is 3.64. The minimum absolute atomic E-state index is 0.167. The highest BCUT2D eigenvalue weighted by atomic mass is 19.4. The maximum absolute atomic E-state index is 13.8. The standard InChI is InChI=1S/C31H35F3N4O3/c1-38-24-11-5-4-10-23(24)26(21-13-15-22(16-14-21)31(32,33)34)35-27(28(38)40)36-29(41)30(18-6-7-19-30)37-25(39)17-12-20-8-2-3-9-20/h4-5,10-11,13-16,20,27H,2-3,6-9,12,17-19H2,1H3,(H,36,41)(H,37,39). The summed E-state index contributed by atoms with van der Waals surface area (Å²) < 4.78 is 39.6. The second-order valence-corrected chi connectivity index (χ2v) is 11.4. The minimum atomic E-state index is -4.49. The van der Waals surface area contributed by atoms with Gasteiger partial charge in [-0.1, -0.05) is 68.9 Å². The van der Waals surface area contributed by atoms with Crippen LogP contribution in [0, 0.1) is 5.92 Å². The van der Waals surface area contributed by atoms with Crippen LogP contribution < -0.4 is 15.5 Å². The summed E-state index contributed by atoms with van der Waals surface area (Å²) in [5.41, 5.74) is -0.190. The maximum Gasteiger partial charge on any atom is 0.416 e. The smallest absolute Gasteiger partial charge is 0.342 e. The number of nitrogens with one attached hydrogen (secondary N) is 2. The molecule has 3 aliphatic rings. The van der Waals surface area contributed by atoms with Gasteiger partial charge in [0.2, 0.25) is 18.0 Å². The molecule has 1 heterocycles. The van der Waals surface area contributed by atoms with Crippen LogP contribution in [0.3, 0.4) is 0 Å². The number of benzodiazepines with no additional fused rings is 1. The van der Waals surface area contributed by atoms with Gasteiger partial charge in [0.25, 0.3) is 5.91 Å². The lowest BCUT2D eigenvalue weighted by molar-refractivity contribution is -0.137. The van der Waals surface area contributed by atoms with Gasteiger partial charge in [-0.05, 0) is 43.4 Å². The number of alkyl halides is 3. The van der Waals surface area contributed by atoms with Crippen LogP contribution in [0.4, 0.5) is 18.9 Å². The van der Waals surface area contributed by atoms with E-state index in [-0.39, 0.29) is 5.91 Å². The quantitative estimate of drug-likeness (QED) is 0.471. The molecule has 0 spiro atoms. The Morgan fingerprint density at radius 2 is 1.66 bits per heavy atom. The number of amides is 3. The average molecular weight is 569 g/mol. The molecule has 41 heavy (non-hydrogen) atoms. The van der Waals surface area contributed by atoms with Crippen LogP contribution in [0.25, 0.3) is 0 Å². The van der Waals surface area contributed by atoms with Crippen LogP contribution in [0.2, 0.25) is 0 Å². The highest BCUT2D eigenvalue weighted by molar-refractivity contribution is 6.20. The summed E-state index contributed by atoms with van der Waals surface area (Å²) in [5.74, 6) is -0.585. The van der Waals surface area contributed by atoms with Gasteiger partial charge in [0, 0.05) is 24.6 Å². The predicted octanol–water partition coefficient (Wildman–Crippen LogP) is 5.36. The van der Waals surface area contributed by atoms with Crippen molar-refractivity contribution in [2.75, 3.05) is 11.9 Å². The fourth-order valence-corrected chi connectivity index (χ4v) is 6.28. The number of nitrogens with zero attached hydrogens (tertiary/aromatic N) is 2. The van der Waals surface area contributed by atoms with E-state index in [0.717, 1.165) is 44.2 Å². The summed E-state index contributed by atoms with van der Waals surface area (Å²) >= 11 is 0. The lowest BCUT2D eigenvalue weighted by atomic mass is 9.94. The number of carbonyl (C=O) groups is 3. The summed E-state index contributed by atoms with van der Waals surface area (Å²) in [4.78, 5) is 46.3. The molecule has 0 saturated heterocycles. The van der Waals surface area contributed by atoms with E-state index < -0.39 is 35.3 Å². The second-order valence-electron chi connectivity index (χ2n) is 11.4. The summed E-state index contributed by atoms with van der Waals surface area (Å²) in [7, 11) is 1.57. The molecule has 0 radical (unpaired) electrons. The molecule has 5 rings (SSSR count). The first-order chi connectivity index (χ1) is 19.6. The van der Waals surface area contributed by atoms with Crippen molar-refractivity contribution in [2.45, 2.75) is 82.1 Å². The summed E-state index contributed by atoms with van der Waals surface area (Å²) in [6.07, 6.45) is 2.45. The first-order valence-electron chi connectivity index (χ1n) is 14.3. The first kappa shape index (κ1) is 28.8. The lowest BCUT2D eigenvalue weighted by Gasteiger charge is -2.31. The van der Waals surface area contributed by atoms with E-state index in [1.165, 1.54) is 29.9 Å². The lowest BCUT2D eigenvalue weighted by Crippen LogP contribution is -2.60. The molecule has 1 atom stereocenters. The Kier molecular flexibility index (Phi) is 8.20. The Bertz CT molecular complexity index is 1330. The Balaban J connectivity index is 1.42. The predicted molar refractivity (Wildman–Crippen MR) is 149 cm³/mol. The first-order valence-corrected chi connectivity index (χ1v) is 14.3. The van der Waals surface area contributed by atoms with E-state index in [0.29, 0.717) is 47.7 Å². The number of aliphatic imine (C=N–C) groups is 1. The van der Waals surface area contributed by atoms with Gasteiger partial charge in [-0.3, -0.25) is 14.4 Å². The number of carbonyl (C=O) groups excluding carboxylic acids is 3. The molecule has 7 nitrogen and oxygen atoms in total. The topological polar surface area (TPSA) is 90.9 Å². The SMILES string of the molecule is CN1C(=O)C(NC(=O)C2(NC(=O)CCC3CCCC3)CCCC2)N=C(c2ccc(C(F)(F)F)cc2)c2ccccc21. The van der Waals surface area contributed by atoms with Crippen molar-refractivity contribution in [1.29, 1.82) is 0 Å². The van der Waals surface area contributed by atoms with Crippen molar-refractivity contribution in [3.63, 3.8) is 0 Å². The van der Waals surface area contributed by atoms with E-state index in [9.17, 15) is 27.6 Å². The molecule has 0 aromatic heterocycles. The molecule has 2 saturated carbocycles. The normalized spacial score (nSPS) is 20.8. The van der Waals surface area contributed by atoms with Gasteiger partial charge in [-0.2, -0.15) is 13.2 Å². The largest absolute Gasteiger partial charge is 0.416 e. The number of benzene rings is 2. The molecule has 3 amide bonds. The molecule has 2 aromatic carbocycles. The van der Waals surface area contributed by atoms with Crippen LogP contribution in [-0.4, -0.2) is 42.2 Å². The highest BCUT2D eigenvalue weighted by Crippen LogP contribution is 2.34. The molecule has 2 N–H and O–H groups in total. The van der Waals surface area contributed by atoms with E-state index >= 15 is 0 Å². The van der Waals surface area contributed by atoms with Crippen LogP contribution >= 0.6 is 0 Å². The zero-order valence-electron chi connectivity index (χ0n) is 23.1. The zero-order chi connectivity index (χ0) is 29.2. The zero-order valence-corrected chi connectivity index (χ0v) is 23.1. The van der Waals surface area contributed by atoms with Gasteiger partial charge in [-0.25, -0.2) is 4.99 Å². The Labute approximate surface area is 237 Å². The Morgan fingerprint density at radius 1 is 1.00 bits per heavy atom. The number of halogens is 3. The number of rotatable bonds is 7. The van der Waals surface area contributed by atoms with Gasteiger partial charge in [-0.15, -0.1) is 0 Å². The molecule has 10 heteroatoms. The molecule has 218 valence electrons. The van der Waals surface area contributed by atoms with Gasteiger partial charge < -0.3 is 15.5 Å². The van der Waals surface area contributed by atoms with Crippen LogP contribution in [-0.2, 0) is 20.6 Å². The second kappa shape index (κ2) is 11.7. The third kappa shape index (κ3) is 6.16. The fourth-order valence-electron chi connectivity index (χ4n) is 6.28. The van der Waals surface area contributed by atoms with E-state index in [1.807, 2.05) is 0 Å². The molecule has 0 bridgehead atoms. The van der Waals surface area contributed by atoms with Crippen LogP contribution in [0.15, 0.2) is 53.5 Å². The van der Waals surface area contributed by atoms with Gasteiger partial charge in [0.1, 0.15) is 5.54 Å². The van der Waals surface area contributed by atoms with Crippen molar-refractivity contribution in [1.82, 2.24) is 10.6 Å². The van der Waals surface area contributed by atoms with Gasteiger partial charge >= 0.3 is 6.18 Å². The molecule has 1 aliphatic heterocycles. The molecule has 2 aliphatic carbocycles. The third-order valence-corrected chi connectivity index (χ3v) is 8.62. The molecular weight excluding hydrogens is 533 g/mol. The van der Waals surface area contributed by atoms with E-state index in [2.05, 4.69) is 15.6 Å². The van der Waals surface area contributed by atoms with E-state index in [1.54, 1.807) is 31.3 Å². The van der Waals surface area contributed by atoms with Crippen molar-refractivity contribution in [2.24, 2.45) is 10.9 Å². The van der Waals surface area contributed by atoms with Crippen molar-refractivity contribution in [3.8, 4) is 0 Å². The van der Waals surface area contributed by atoms with Crippen LogP contribution in [0.1, 0.15) is 80.9 Å². The van der Waals surface area contributed by atoms with Crippen molar-refractivity contribution < 1.29 is 27.6 Å². The highest BCUT2D eigenvalue weighted by Gasteiger charge is 2.44.